The quantitative estimate of drug-likeness (QED) is 0.261. The molecule has 3 aromatic carbocycles. The molecule has 32 heavy (non-hydrogen) atoms. The van der Waals surface area contributed by atoms with Crippen LogP contribution in [0.1, 0.15) is 44.5 Å². The number of nitrogens with zero attached hydrogens (tertiary/aromatic N) is 1. The maximum Gasteiger partial charge on any atom is 0.216 e. The van der Waals surface area contributed by atoms with Gasteiger partial charge in [-0.15, -0.1) is 0 Å². The van der Waals surface area contributed by atoms with E-state index in [1.807, 2.05) is 0 Å². The second-order valence-corrected chi connectivity index (χ2v) is 9.61. The van der Waals surface area contributed by atoms with Crippen molar-refractivity contribution in [1.29, 1.82) is 0 Å². The Morgan fingerprint density at radius 2 is 1.50 bits per heavy atom. The third-order valence-corrected chi connectivity index (χ3v) is 7.67. The van der Waals surface area contributed by atoms with Gasteiger partial charge in [0.1, 0.15) is 12.9 Å². The smallest absolute Gasteiger partial charge is 0.206 e. The lowest BCUT2D eigenvalue weighted by Crippen LogP contribution is -2.32. The Morgan fingerprint density at radius 3 is 2.31 bits per heavy atom. The fourth-order valence-corrected chi connectivity index (χ4v) is 5.97. The molecule has 0 N–H and O–H groups in total. The number of hydrogen-bond acceptors (Lipinski definition) is 0. The van der Waals surface area contributed by atoms with E-state index >= 15 is 4.39 Å². The van der Waals surface area contributed by atoms with E-state index in [0.717, 1.165) is 29.5 Å². The van der Waals surface area contributed by atoms with Crippen molar-refractivity contribution < 1.29 is 8.96 Å². The van der Waals surface area contributed by atoms with Gasteiger partial charge in [-0.2, -0.15) is 0 Å². The van der Waals surface area contributed by atoms with Crippen molar-refractivity contribution in [1.82, 2.24) is 0 Å². The van der Waals surface area contributed by atoms with Gasteiger partial charge in [-0.3, -0.25) is 0 Å². The van der Waals surface area contributed by atoms with Gasteiger partial charge in [0.15, 0.2) is 6.20 Å². The number of hydrogen-bond donors (Lipinski definition) is 0. The van der Waals surface area contributed by atoms with E-state index in [9.17, 15) is 0 Å². The SMILES string of the molecule is Cc1cc(C)c(C)c(-c2c3c(cc[n+]2C)-c2c(F)cc4c(c2C3)Cc2c(C)cccc2-4)c1. The first-order valence-electron chi connectivity index (χ1n) is 11.4. The molecule has 0 radical (unpaired) electrons. The largest absolute Gasteiger partial charge is 0.216 e. The molecule has 0 saturated heterocycles. The van der Waals surface area contributed by atoms with E-state index in [1.165, 1.54) is 61.3 Å². The minimum Gasteiger partial charge on any atom is -0.206 e. The summed E-state index contributed by atoms with van der Waals surface area (Å²) >= 11 is 0. The average molecular weight is 421 g/mol. The van der Waals surface area contributed by atoms with Crippen LogP contribution in [0.5, 0.6) is 0 Å². The Hall–Kier alpha value is -3.26. The monoisotopic (exact) mass is 420 g/mol. The van der Waals surface area contributed by atoms with Crippen molar-refractivity contribution in [3.05, 3.63) is 99.0 Å². The maximum atomic E-state index is 15.7. The molecule has 1 nitrogen and oxygen atoms in total. The lowest BCUT2D eigenvalue weighted by Gasteiger charge is -2.12. The highest BCUT2D eigenvalue weighted by Gasteiger charge is 2.35. The van der Waals surface area contributed by atoms with Crippen LogP contribution < -0.4 is 4.57 Å². The lowest BCUT2D eigenvalue weighted by molar-refractivity contribution is -0.660. The number of rotatable bonds is 1. The molecule has 2 aliphatic rings. The van der Waals surface area contributed by atoms with Gasteiger partial charge in [-0.05, 0) is 90.8 Å². The predicted molar refractivity (Wildman–Crippen MR) is 128 cm³/mol. The van der Waals surface area contributed by atoms with Gasteiger partial charge in [-0.1, -0.05) is 29.8 Å². The number of aromatic nitrogens is 1. The Bertz CT molecular complexity index is 1480. The van der Waals surface area contributed by atoms with Gasteiger partial charge < -0.3 is 0 Å². The van der Waals surface area contributed by atoms with Gasteiger partial charge in [-0.25, -0.2) is 8.96 Å². The van der Waals surface area contributed by atoms with Crippen molar-refractivity contribution in [3.63, 3.8) is 0 Å². The topological polar surface area (TPSA) is 3.88 Å². The zero-order valence-electron chi connectivity index (χ0n) is 19.4. The van der Waals surface area contributed by atoms with Crippen LogP contribution in [0.25, 0.3) is 33.5 Å². The molecular formula is C30H27FN+. The number of benzene rings is 3. The molecule has 2 aliphatic carbocycles. The fourth-order valence-electron chi connectivity index (χ4n) is 5.97. The zero-order chi connectivity index (χ0) is 22.3. The zero-order valence-corrected chi connectivity index (χ0v) is 19.4. The molecule has 0 saturated carbocycles. The third-order valence-electron chi connectivity index (χ3n) is 7.67. The van der Waals surface area contributed by atoms with E-state index in [-0.39, 0.29) is 5.82 Å². The van der Waals surface area contributed by atoms with Gasteiger partial charge in [0, 0.05) is 34.7 Å². The number of pyridine rings is 1. The molecule has 0 fully saturated rings. The van der Waals surface area contributed by atoms with Crippen LogP contribution in [0.2, 0.25) is 0 Å². The Labute approximate surface area is 189 Å². The molecule has 4 aromatic rings. The maximum absolute atomic E-state index is 15.7. The summed E-state index contributed by atoms with van der Waals surface area (Å²) in [6, 6.07) is 14.8. The molecule has 1 heterocycles. The minimum absolute atomic E-state index is 0.0937. The molecule has 0 bridgehead atoms. The van der Waals surface area contributed by atoms with E-state index in [2.05, 4.69) is 81.9 Å². The number of aryl methyl sites for hydroxylation is 4. The van der Waals surface area contributed by atoms with Crippen molar-refractivity contribution in [2.75, 3.05) is 0 Å². The highest BCUT2D eigenvalue weighted by atomic mass is 19.1. The number of halogens is 1. The summed E-state index contributed by atoms with van der Waals surface area (Å²) in [6.45, 7) is 8.69. The van der Waals surface area contributed by atoms with E-state index < -0.39 is 0 Å². The van der Waals surface area contributed by atoms with Crippen molar-refractivity contribution in [2.24, 2.45) is 7.05 Å². The minimum atomic E-state index is -0.0937. The summed E-state index contributed by atoms with van der Waals surface area (Å²) in [5, 5.41) is 0. The Balaban J connectivity index is 1.61. The molecule has 158 valence electrons. The van der Waals surface area contributed by atoms with Crippen LogP contribution >= 0.6 is 0 Å². The molecule has 0 atom stereocenters. The lowest BCUT2D eigenvalue weighted by atomic mass is 9.93. The summed E-state index contributed by atoms with van der Waals surface area (Å²) in [7, 11) is 2.11. The first-order valence-corrected chi connectivity index (χ1v) is 11.4. The van der Waals surface area contributed by atoms with E-state index in [0.29, 0.717) is 0 Å². The van der Waals surface area contributed by atoms with Crippen molar-refractivity contribution in [3.8, 4) is 33.5 Å². The summed E-state index contributed by atoms with van der Waals surface area (Å²) in [6.07, 6.45) is 3.78. The highest BCUT2D eigenvalue weighted by molar-refractivity contribution is 5.89. The molecule has 0 unspecified atom stereocenters. The number of fused-ring (bicyclic) bond motifs is 7. The summed E-state index contributed by atoms with van der Waals surface area (Å²) in [5.74, 6) is -0.0937. The third kappa shape index (κ3) is 2.53. The van der Waals surface area contributed by atoms with Crippen LogP contribution in [-0.2, 0) is 19.9 Å². The van der Waals surface area contributed by atoms with Crippen LogP contribution in [-0.4, -0.2) is 0 Å². The molecule has 6 rings (SSSR count). The molecule has 0 aliphatic heterocycles. The standard InChI is InChI=1S/C30H27FN/c1-16-11-18(3)19(4)23(12-16)30-27-14-26-24-13-22-17(2)7-6-8-20(22)25(24)15-28(31)29(26)21(27)9-10-32(30)5/h6-12,15H,13-14H2,1-5H3/q+1. The summed E-state index contributed by atoms with van der Waals surface area (Å²) in [5.41, 5.74) is 16.9. The van der Waals surface area contributed by atoms with Crippen molar-refractivity contribution in [2.45, 2.75) is 40.5 Å². The Kier molecular flexibility index (Phi) is 4.02. The van der Waals surface area contributed by atoms with E-state index in [1.54, 1.807) is 6.07 Å². The molecule has 1 aromatic heterocycles. The first-order chi connectivity index (χ1) is 15.3. The molecule has 2 heteroatoms. The van der Waals surface area contributed by atoms with Crippen LogP contribution in [0, 0.1) is 33.5 Å². The van der Waals surface area contributed by atoms with E-state index in [4.69, 9.17) is 0 Å². The van der Waals surface area contributed by atoms with Gasteiger partial charge in [0.25, 0.3) is 0 Å². The highest BCUT2D eigenvalue weighted by Crippen LogP contribution is 2.49. The second kappa shape index (κ2) is 6.62. The average Bonchev–Trinajstić information content (AvgIpc) is 3.31. The second-order valence-electron chi connectivity index (χ2n) is 9.61. The van der Waals surface area contributed by atoms with Gasteiger partial charge in [0.2, 0.25) is 5.69 Å². The van der Waals surface area contributed by atoms with Crippen LogP contribution in [0.3, 0.4) is 0 Å². The molecule has 0 amide bonds. The van der Waals surface area contributed by atoms with Crippen LogP contribution in [0.4, 0.5) is 4.39 Å². The predicted octanol–water partition coefficient (Wildman–Crippen LogP) is 6.69. The summed E-state index contributed by atoms with van der Waals surface area (Å²) < 4.78 is 17.9. The van der Waals surface area contributed by atoms with Crippen LogP contribution in [0.15, 0.2) is 48.7 Å². The summed E-state index contributed by atoms with van der Waals surface area (Å²) in [4.78, 5) is 0. The van der Waals surface area contributed by atoms with Gasteiger partial charge in [0.05, 0.1) is 0 Å². The molecule has 0 spiro atoms. The Morgan fingerprint density at radius 1 is 0.719 bits per heavy atom. The first kappa shape index (κ1) is 19.4. The van der Waals surface area contributed by atoms with Gasteiger partial charge >= 0.3 is 0 Å². The normalized spacial score (nSPS) is 13.1. The molecular weight excluding hydrogens is 393 g/mol. The van der Waals surface area contributed by atoms with Crippen molar-refractivity contribution >= 4 is 0 Å². The fraction of sp³-hybridized carbons (Fsp3) is 0.233.